The van der Waals surface area contributed by atoms with Crippen LogP contribution in [-0.4, -0.2) is 42.1 Å². The predicted octanol–water partition coefficient (Wildman–Crippen LogP) is 4.56. The summed E-state index contributed by atoms with van der Waals surface area (Å²) in [5.74, 6) is 0. The molecule has 128 valence electrons. The van der Waals surface area contributed by atoms with Crippen LogP contribution in [0.2, 0.25) is 0 Å². The van der Waals surface area contributed by atoms with Gasteiger partial charge in [0.05, 0.1) is 6.61 Å². The zero-order valence-corrected chi connectivity index (χ0v) is 14.4. The van der Waals surface area contributed by atoms with E-state index in [-0.39, 0.29) is 6.61 Å². The lowest BCUT2D eigenvalue weighted by molar-refractivity contribution is 0.176. The van der Waals surface area contributed by atoms with Crippen LogP contribution in [0, 0.1) is 0 Å². The summed E-state index contributed by atoms with van der Waals surface area (Å²) in [6, 6.07) is 0. The van der Waals surface area contributed by atoms with E-state index in [4.69, 9.17) is 5.11 Å². The topological polar surface area (TPSA) is 35.8 Å². The van der Waals surface area contributed by atoms with Crippen LogP contribution in [0.15, 0.2) is 17.6 Å². The molecule has 0 spiro atoms. The number of aliphatic imine (C=N–C) groups is 1. The second kappa shape index (κ2) is 14.0. The molecule has 1 heterocycles. The molecule has 0 saturated heterocycles. The van der Waals surface area contributed by atoms with Crippen LogP contribution in [0.5, 0.6) is 0 Å². The molecule has 1 rings (SSSR count). The Kier molecular flexibility index (Phi) is 12.3. The highest BCUT2D eigenvalue weighted by Gasteiger charge is 2.19. The Morgan fingerprint density at radius 1 is 1.00 bits per heavy atom. The summed E-state index contributed by atoms with van der Waals surface area (Å²) >= 11 is 0. The number of aliphatic hydroxyl groups excluding tert-OH is 1. The lowest BCUT2D eigenvalue weighted by Crippen LogP contribution is -2.32. The smallest absolute Gasteiger partial charge is 0.102 e. The van der Waals surface area contributed by atoms with Crippen molar-refractivity contribution in [1.82, 2.24) is 4.90 Å². The summed E-state index contributed by atoms with van der Waals surface area (Å²) in [4.78, 5) is 6.78. The molecular formula is C19H36N2O. The fourth-order valence-electron chi connectivity index (χ4n) is 3.15. The van der Waals surface area contributed by atoms with Crippen molar-refractivity contribution >= 4 is 6.21 Å². The minimum Gasteiger partial charge on any atom is -0.395 e. The van der Waals surface area contributed by atoms with Crippen LogP contribution in [0.4, 0.5) is 0 Å². The normalized spacial score (nSPS) is 18.1. The molecule has 0 aliphatic carbocycles. The zero-order valence-electron chi connectivity index (χ0n) is 14.4. The van der Waals surface area contributed by atoms with Crippen molar-refractivity contribution in [2.24, 2.45) is 4.99 Å². The Hall–Kier alpha value is -0.670. The van der Waals surface area contributed by atoms with Crippen molar-refractivity contribution in [1.29, 1.82) is 0 Å². The maximum Gasteiger partial charge on any atom is 0.102 e. The van der Waals surface area contributed by atoms with Gasteiger partial charge in [0.25, 0.3) is 0 Å². The first-order valence-electron chi connectivity index (χ1n) is 9.36. The largest absolute Gasteiger partial charge is 0.395 e. The Morgan fingerprint density at radius 2 is 1.59 bits per heavy atom. The van der Waals surface area contributed by atoms with E-state index in [0.29, 0.717) is 6.17 Å². The molecule has 0 aromatic carbocycles. The van der Waals surface area contributed by atoms with Crippen molar-refractivity contribution in [3.05, 3.63) is 12.7 Å². The van der Waals surface area contributed by atoms with E-state index in [9.17, 15) is 0 Å². The van der Waals surface area contributed by atoms with Crippen LogP contribution < -0.4 is 0 Å². The maximum atomic E-state index is 9.02. The van der Waals surface area contributed by atoms with Gasteiger partial charge in [-0.3, -0.25) is 9.89 Å². The van der Waals surface area contributed by atoms with Crippen molar-refractivity contribution in [3.63, 3.8) is 0 Å². The standard InChI is InChI=1S/C19H36N2O/c1-2-3-4-5-6-7-8-9-10-11-12-13-14-19-20-15-16-21(19)17-18-22/h2,15,19,22H,1,3-14,16-18H2. The summed E-state index contributed by atoms with van der Waals surface area (Å²) in [6.07, 6.45) is 20.4. The third-order valence-electron chi connectivity index (χ3n) is 4.52. The van der Waals surface area contributed by atoms with Gasteiger partial charge in [-0.2, -0.15) is 0 Å². The lowest BCUT2D eigenvalue weighted by Gasteiger charge is -2.21. The average Bonchev–Trinajstić information content (AvgIpc) is 2.96. The quantitative estimate of drug-likeness (QED) is 0.355. The van der Waals surface area contributed by atoms with Crippen molar-refractivity contribution in [2.45, 2.75) is 83.2 Å². The molecule has 0 fully saturated rings. The minimum absolute atomic E-state index is 0.244. The van der Waals surface area contributed by atoms with Crippen molar-refractivity contribution in [3.8, 4) is 0 Å². The summed E-state index contributed by atoms with van der Waals surface area (Å²) in [6.45, 7) is 5.68. The molecule has 0 saturated carbocycles. The van der Waals surface area contributed by atoms with Crippen LogP contribution in [0.3, 0.4) is 0 Å². The summed E-state index contributed by atoms with van der Waals surface area (Å²) in [5.41, 5.74) is 0. The number of unbranched alkanes of at least 4 members (excludes halogenated alkanes) is 10. The Labute approximate surface area is 137 Å². The fourth-order valence-corrected chi connectivity index (χ4v) is 3.15. The number of β-amino-alcohol motifs (C(OH)–C–C–N with tert-alkyl or cyclic N) is 1. The van der Waals surface area contributed by atoms with Crippen LogP contribution in [-0.2, 0) is 0 Å². The number of allylic oxidation sites excluding steroid dienone is 1. The first kappa shape index (κ1) is 19.4. The predicted molar refractivity (Wildman–Crippen MR) is 96.5 cm³/mol. The Morgan fingerprint density at radius 3 is 2.18 bits per heavy atom. The second-order valence-corrected chi connectivity index (χ2v) is 6.43. The Bertz CT molecular complexity index is 291. The van der Waals surface area contributed by atoms with E-state index in [1.54, 1.807) is 0 Å². The van der Waals surface area contributed by atoms with Gasteiger partial charge in [0.15, 0.2) is 0 Å². The molecule has 1 aliphatic rings. The van der Waals surface area contributed by atoms with Gasteiger partial charge in [0.1, 0.15) is 6.17 Å². The molecular weight excluding hydrogens is 272 g/mol. The number of nitrogens with zero attached hydrogens (tertiary/aromatic N) is 2. The third-order valence-corrected chi connectivity index (χ3v) is 4.52. The van der Waals surface area contributed by atoms with Gasteiger partial charge in [-0.15, -0.1) is 6.58 Å². The van der Waals surface area contributed by atoms with Crippen molar-refractivity contribution < 1.29 is 5.11 Å². The third kappa shape index (κ3) is 9.37. The molecule has 0 aromatic heterocycles. The Balaban J connectivity index is 1.82. The van der Waals surface area contributed by atoms with Gasteiger partial charge in [0, 0.05) is 19.3 Å². The van der Waals surface area contributed by atoms with Gasteiger partial charge < -0.3 is 5.11 Å². The van der Waals surface area contributed by atoms with Crippen LogP contribution in [0.25, 0.3) is 0 Å². The van der Waals surface area contributed by atoms with Gasteiger partial charge in [-0.1, -0.05) is 57.4 Å². The zero-order chi connectivity index (χ0) is 15.9. The first-order chi connectivity index (χ1) is 10.9. The molecule has 0 aromatic rings. The number of aliphatic hydroxyl groups is 1. The monoisotopic (exact) mass is 308 g/mol. The molecule has 1 atom stereocenters. The average molecular weight is 309 g/mol. The summed E-state index contributed by atoms with van der Waals surface area (Å²) in [7, 11) is 0. The van der Waals surface area contributed by atoms with E-state index in [0.717, 1.165) is 19.5 Å². The van der Waals surface area contributed by atoms with Crippen LogP contribution in [0.1, 0.15) is 77.0 Å². The maximum absolute atomic E-state index is 9.02. The highest BCUT2D eigenvalue weighted by Crippen LogP contribution is 2.16. The number of hydrogen-bond acceptors (Lipinski definition) is 3. The molecule has 3 heteroatoms. The summed E-state index contributed by atoms with van der Waals surface area (Å²) < 4.78 is 0. The number of rotatable bonds is 15. The van der Waals surface area contributed by atoms with Crippen LogP contribution >= 0.6 is 0 Å². The molecule has 22 heavy (non-hydrogen) atoms. The van der Waals surface area contributed by atoms with E-state index < -0.39 is 0 Å². The van der Waals surface area contributed by atoms with E-state index in [2.05, 4.69) is 16.5 Å². The SMILES string of the molecule is C=CCCCCCCCCCCCCC1N=CCN1CCO. The molecule has 1 aliphatic heterocycles. The van der Waals surface area contributed by atoms with Gasteiger partial charge in [-0.05, 0) is 25.7 Å². The molecule has 3 nitrogen and oxygen atoms in total. The van der Waals surface area contributed by atoms with Gasteiger partial charge >= 0.3 is 0 Å². The highest BCUT2D eigenvalue weighted by atomic mass is 16.3. The highest BCUT2D eigenvalue weighted by molar-refractivity contribution is 5.62. The first-order valence-corrected chi connectivity index (χ1v) is 9.36. The molecule has 1 N–H and O–H groups in total. The molecule has 1 unspecified atom stereocenters. The van der Waals surface area contributed by atoms with Crippen molar-refractivity contribution in [2.75, 3.05) is 19.7 Å². The second-order valence-electron chi connectivity index (χ2n) is 6.43. The number of hydrogen-bond donors (Lipinski definition) is 1. The molecule has 0 bridgehead atoms. The van der Waals surface area contributed by atoms with E-state index >= 15 is 0 Å². The fraction of sp³-hybridized carbons (Fsp3) is 0.842. The van der Waals surface area contributed by atoms with E-state index in [1.807, 2.05) is 12.3 Å². The van der Waals surface area contributed by atoms with Gasteiger partial charge in [-0.25, -0.2) is 0 Å². The van der Waals surface area contributed by atoms with Gasteiger partial charge in [0.2, 0.25) is 0 Å². The summed E-state index contributed by atoms with van der Waals surface area (Å²) in [5, 5.41) is 9.02. The lowest BCUT2D eigenvalue weighted by atomic mass is 10.0. The molecule has 0 amide bonds. The molecule has 0 radical (unpaired) electrons. The minimum atomic E-state index is 0.244. The van der Waals surface area contributed by atoms with E-state index in [1.165, 1.54) is 70.6 Å².